The second kappa shape index (κ2) is 8.91. The molecule has 0 saturated carbocycles. The van der Waals surface area contributed by atoms with Crippen molar-refractivity contribution in [2.75, 3.05) is 20.3 Å². The van der Waals surface area contributed by atoms with Gasteiger partial charge in [0.2, 0.25) is 5.82 Å². The van der Waals surface area contributed by atoms with Gasteiger partial charge in [-0.1, -0.05) is 29.4 Å². The molecule has 0 radical (unpaired) electrons. The highest BCUT2D eigenvalue weighted by Crippen LogP contribution is 2.37. The summed E-state index contributed by atoms with van der Waals surface area (Å²) in [7, 11) is 1.61. The van der Waals surface area contributed by atoms with Crippen molar-refractivity contribution in [3.63, 3.8) is 0 Å². The minimum atomic E-state index is -0.497. The summed E-state index contributed by atoms with van der Waals surface area (Å²) in [5.41, 5.74) is 2.59. The molecule has 1 atom stereocenters. The molecule has 160 valence electrons. The van der Waals surface area contributed by atoms with Crippen molar-refractivity contribution in [1.82, 2.24) is 20.4 Å². The Morgan fingerprint density at radius 3 is 2.61 bits per heavy atom. The fraction of sp³-hybridized carbons (Fsp3) is 0.227. The maximum Gasteiger partial charge on any atom is 0.258 e. The molecule has 2 aromatic carbocycles. The van der Waals surface area contributed by atoms with E-state index in [0.29, 0.717) is 35.0 Å². The largest absolute Gasteiger partial charge is 0.383 e. The zero-order chi connectivity index (χ0) is 22.0. The summed E-state index contributed by atoms with van der Waals surface area (Å²) in [6.07, 6.45) is 0. The van der Waals surface area contributed by atoms with Crippen LogP contribution in [0.2, 0.25) is 0 Å². The predicted molar refractivity (Wildman–Crippen MR) is 116 cm³/mol. The molecule has 0 bridgehead atoms. The van der Waals surface area contributed by atoms with Crippen molar-refractivity contribution in [3.8, 4) is 11.4 Å². The van der Waals surface area contributed by atoms with Crippen molar-refractivity contribution >= 4 is 22.9 Å². The number of aromatic nitrogens is 2. The molecular weight excluding hydrogens is 422 g/mol. The number of halogens is 2. The van der Waals surface area contributed by atoms with Gasteiger partial charge in [0.25, 0.3) is 5.89 Å². The molecule has 1 aromatic heterocycles. The Hall–Kier alpha value is -3.17. The molecule has 6 nitrogen and oxygen atoms in total. The van der Waals surface area contributed by atoms with Crippen LogP contribution in [0, 0.1) is 11.6 Å². The summed E-state index contributed by atoms with van der Waals surface area (Å²) in [6, 6.07) is 11.7. The number of rotatable bonds is 6. The minimum Gasteiger partial charge on any atom is -0.383 e. The molecule has 4 rings (SSSR count). The van der Waals surface area contributed by atoms with Gasteiger partial charge in [-0.25, -0.2) is 8.78 Å². The lowest BCUT2D eigenvalue weighted by Crippen LogP contribution is -2.47. The highest BCUT2D eigenvalue weighted by Gasteiger charge is 2.34. The SMILES string of the molecule is COCCN1C(=S)NC(c2cccc(F)c2)C(c2nc(-c3cccc(F)c3)no2)=C1C. The fourth-order valence-electron chi connectivity index (χ4n) is 3.52. The van der Waals surface area contributed by atoms with E-state index < -0.39 is 11.9 Å². The molecule has 1 aliphatic rings. The average molecular weight is 442 g/mol. The highest BCUT2D eigenvalue weighted by molar-refractivity contribution is 7.80. The van der Waals surface area contributed by atoms with E-state index in [4.69, 9.17) is 21.5 Å². The van der Waals surface area contributed by atoms with E-state index in [1.165, 1.54) is 24.3 Å². The van der Waals surface area contributed by atoms with Gasteiger partial charge in [-0.15, -0.1) is 0 Å². The van der Waals surface area contributed by atoms with E-state index in [9.17, 15) is 8.78 Å². The molecule has 1 N–H and O–H groups in total. The smallest absolute Gasteiger partial charge is 0.258 e. The van der Waals surface area contributed by atoms with Crippen molar-refractivity contribution in [2.45, 2.75) is 13.0 Å². The number of allylic oxidation sites excluding steroid dienone is 1. The van der Waals surface area contributed by atoms with E-state index in [-0.39, 0.29) is 17.5 Å². The Bertz CT molecular complexity index is 1150. The molecule has 0 spiro atoms. The van der Waals surface area contributed by atoms with E-state index in [1.807, 2.05) is 11.8 Å². The Labute approximate surface area is 183 Å². The maximum atomic E-state index is 14.0. The van der Waals surface area contributed by atoms with Crippen molar-refractivity contribution in [2.24, 2.45) is 0 Å². The lowest BCUT2D eigenvalue weighted by molar-refractivity contribution is 0.183. The molecule has 0 saturated heterocycles. The van der Waals surface area contributed by atoms with Gasteiger partial charge >= 0.3 is 0 Å². The van der Waals surface area contributed by atoms with E-state index in [1.54, 1.807) is 31.4 Å². The third-order valence-corrected chi connectivity index (χ3v) is 5.37. The van der Waals surface area contributed by atoms with Crippen molar-refractivity contribution < 1.29 is 18.0 Å². The van der Waals surface area contributed by atoms with Crippen LogP contribution in [-0.2, 0) is 4.74 Å². The minimum absolute atomic E-state index is 0.239. The summed E-state index contributed by atoms with van der Waals surface area (Å²) < 4.78 is 38.4. The first-order valence-corrected chi connectivity index (χ1v) is 10.0. The van der Waals surface area contributed by atoms with Gasteiger partial charge in [0, 0.05) is 24.9 Å². The van der Waals surface area contributed by atoms with Crippen LogP contribution >= 0.6 is 12.2 Å². The van der Waals surface area contributed by atoms with Gasteiger partial charge in [-0.3, -0.25) is 0 Å². The zero-order valence-electron chi connectivity index (χ0n) is 16.9. The van der Waals surface area contributed by atoms with E-state index >= 15 is 0 Å². The Kier molecular flexibility index (Phi) is 6.06. The maximum absolute atomic E-state index is 14.0. The normalized spacial score (nSPS) is 16.6. The quantitative estimate of drug-likeness (QED) is 0.571. The van der Waals surface area contributed by atoms with Crippen LogP contribution in [0.1, 0.15) is 24.4 Å². The Balaban J connectivity index is 1.81. The summed E-state index contributed by atoms with van der Waals surface area (Å²) in [4.78, 5) is 6.37. The van der Waals surface area contributed by atoms with Crippen LogP contribution in [-0.4, -0.2) is 40.4 Å². The van der Waals surface area contributed by atoms with Gasteiger partial charge in [0.05, 0.1) is 18.2 Å². The molecule has 0 amide bonds. The summed E-state index contributed by atoms with van der Waals surface area (Å²) in [5.74, 6) is -0.268. The van der Waals surface area contributed by atoms with Gasteiger partial charge < -0.3 is 19.5 Å². The predicted octanol–water partition coefficient (Wildman–Crippen LogP) is 4.32. The topological polar surface area (TPSA) is 63.4 Å². The molecule has 31 heavy (non-hydrogen) atoms. The number of nitrogens with zero attached hydrogens (tertiary/aromatic N) is 3. The van der Waals surface area contributed by atoms with Gasteiger partial charge in [0.1, 0.15) is 11.6 Å². The van der Waals surface area contributed by atoms with Gasteiger partial charge in [0.15, 0.2) is 5.11 Å². The Morgan fingerprint density at radius 2 is 1.90 bits per heavy atom. The van der Waals surface area contributed by atoms with Gasteiger partial charge in [-0.2, -0.15) is 4.98 Å². The molecule has 0 fully saturated rings. The number of nitrogens with one attached hydrogen (secondary N) is 1. The summed E-state index contributed by atoms with van der Waals surface area (Å²) in [5, 5.41) is 7.75. The number of hydrogen-bond acceptors (Lipinski definition) is 5. The van der Waals surface area contributed by atoms with E-state index in [0.717, 1.165) is 5.70 Å². The molecule has 2 heterocycles. The second-order valence-corrected chi connectivity index (χ2v) is 7.40. The summed E-state index contributed by atoms with van der Waals surface area (Å²) >= 11 is 5.55. The lowest BCUT2D eigenvalue weighted by Gasteiger charge is -2.37. The first-order chi connectivity index (χ1) is 15.0. The van der Waals surface area contributed by atoms with Crippen LogP contribution in [0.5, 0.6) is 0 Å². The van der Waals surface area contributed by atoms with Crippen molar-refractivity contribution in [1.29, 1.82) is 0 Å². The number of benzene rings is 2. The van der Waals surface area contributed by atoms with Gasteiger partial charge in [-0.05, 0) is 49.0 Å². The van der Waals surface area contributed by atoms with Crippen LogP contribution in [0.3, 0.4) is 0 Å². The third kappa shape index (κ3) is 4.33. The molecule has 9 heteroatoms. The number of ether oxygens (including phenoxy) is 1. The lowest BCUT2D eigenvalue weighted by atomic mass is 9.94. The number of hydrogen-bond donors (Lipinski definition) is 1. The fourth-order valence-corrected chi connectivity index (χ4v) is 3.87. The summed E-state index contributed by atoms with van der Waals surface area (Å²) in [6.45, 7) is 2.85. The van der Waals surface area contributed by atoms with Crippen LogP contribution in [0.15, 0.2) is 58.8 Å². The average Bonchev–Trinajstić information content (AvgIpc) is 3.23. The highest BCUT2D eigenvalue weighted by atomic mass is 32.1. The van der Waals surface area contributed by atoms with E-state index in [2.05, 4.69) is 15.5 Å². The molecule has 0 aliphatic carbocycles. The monoisotopic (exact) mass is 442 g/mol. The Morgan fingerprint density at radius 1 is 1.16 bits per heavy atom. The second-order valence-electron chi connectivity index (χ2n) is 7.01. The van der Waals surface area contributed by atoms with Crippen LogP contribution in [0.25, 0.3) is 17.0 Å². The zero-order valence-corrected chi connectivity index (χ0v) is 17.7. The first kappa shape index (κ1) is 21.1. The standard InChI is InChI=1S/C22H20F2N4O2S/c1-13-18(21-26-20(27-30-21)15-6-4-8-17(24)12-15)19(14-5-3-7-16(23)11-14)25-22(31)28(13)9-10-29-2/h3-8,11-12,19H,9-10H2,1-2H3,(H,25,31). The van der Waals surface area contributed by atoms with Crippen molar-refractivity contribution in [3.05, 3.63) is 77.3 Å². The molecule has 3 aromatic rings. The van der Waals surface area contributed by atoms with Crippen LogP contribution < -0.4 is 5.32 Å². The molecule has 1 aliphatic heterocycles. The number of methoxy groups -OCH3 is 1. The first-order valence-electron chi connectivity index (χ1n) is 9.61. The molecular formula is C22H20F2N4O2S. The molecule has 1 unspecified atom stereocenters. The van der Waals surface area contributed by atoms with Crippen LogP contribution in [0.4, 0.5) is 8.78 Å². The third-order valence-electron chi connectivity index (χ3n) is 5.04. The number of thiocarbonyl (C=S) groups is 1.